The minimum Gasteiger partial charge on any atom is -0.497 e. The largest absolute Gasteiger partial charge is 0.497 e. The van der Waals surface area contributed by atoms with Gasteiger partial charge >= 0.3 is 0 Å². The van der Waals surface area contributed by atoms with Crippen LogP contribution in [0, 0.1) is 5.82 Å². The van der Waals surface area contributed by atoms with Gasteiger partial charge in [-0.25, -0.2) is 4.39 Å². The average molecular weight is 303 g/mol. The molecule has 0 aromatic heterocycles. The van der Waals surface area contributed by atoms with E-state index in [1.54, 1.807) is 43.5 Å². The first-order valence-electron chi connectivity index (χ1n) is 6.85. The van der Waals surface area contributed by atoms with Gasteiger partial charge in [-0.3, -0.25) is 4.79 Å². The Hall–Kier alpha value is -2.56. The van der Waals surface area contributed by atoms with Crippen LogP contribution < -0.4 is 14.8 Å². The maximum atomic E-state index is 13.5. The predicted octanol–water partition coefficient (Wildman–Crippen LogP) is 2.70. The molecule has 0 aliphatic heterocycles. The lowest BCUT2D eigenvalue weighted by Crippen LogP contribution is -2.25. The molecule has 1 N–H and O–H groups in total. The van der Waals surface area contributed by atoms with Gasteiger partial charge in [0.15, 0.2) is 0 Å². The summed E-state index contributed by atoms with van der Waals surface area (Å²) in [7, 11) is 3.10. The minimum atomic E-state index is -0.329. The zero-order chi connectivity index (χ0) is 15.9. The molecule has 22 heavy (non-hydrogen) atoms. The molecule has 2 aromatic rings. The Bertz CT molecular complexity index is 658. The quantitative estimate of drug-likeness (QED) is 0.892. The topological polar surface area (TPSA) is 47.6 Å². The number of methoxy groups -OCH3 is 2. The van der Waals surface area contributed by atoms with Crippen LogP contribution >= 0.6 is 0 Å². The van der Waals surface area contributed by atoms with Crippen LogP contribution in [0.25, 0.3) is 0 Å². The number of ether oxygens (including phenoxy) is 2. The molecule has 1 amide bonds. The van der Waals surface area contributed by atoms with Crippen molar-refractivity contribution >= 4 is 5.91 Å². The van der Waals surface area contributed by atoms with E-state index in [-0.39, 0.29) is 24.7 Å². The standard InChI is InChI=1S/C17H18FNO3/c1-21-14-8-7-12(16(10-14)22-2)9-17(20)19-11-13-5-3-4-6-15(13)18/h3-8,10H,9,11H2,1-2H3,(H,19,20). The molecule has 0 bridgehead atoms. The van der Waals surface area contributed by atoms with Crippen LogP contribution in [-0.2, 0) is 17.8 Å². The van der Waals surface area contributed by atoms with Gasteiger partial charge in [-0.2, -0.15) is 0 Å². The van der Waals surface area contributed by atoms with Crippen LogP contribution in [0.15, 0.2) is 42.5 Å². The number of carbonyl (C=O) groups excluding carboxylic acids is 1. The Morgan fingerprint density at radius 3 is 2.55 bits per heavy atom. The van der Waals surface area contributed by atoms with Gasteiger partial charge in [0.05, 0.1) is 20.6 Å². The molecule has 2 rings (SSSR count). The molecular weight excluding hydrogens is 285 g/mol. The van der Waals surface area contributed by atoms with Crippen molar-refractivity contribution in [3.63, 3.8) is 0 Å². The number of rotatable bonds is 6. The molecule has 0 aliphatic rings. The fourth-order valence-electron chi connectivity index (χ4n) is 2.07. The first-order chi connectivity index (χ1) is 10.6. The highest BCUT2D eigenvalue weighted by molar-refractivity contribution is 5.79. The van der Waals surface area contributed by atoms with Gasteiger partial charge in [0.25, 0.3) is 0 Å². The van der Waals surface area contributed by atoms with Crippen LogP contribution in [0.3, 0.4) is 0 Å². The molecule has 0 saturated heterocycles. The van der Waals surface area contributed by atoms with Crippen LogP contribution in [0.1, 0.15) is 11.1 Å². The monoisotopic (exact) mass is 303 g/mol. The number of carbonyl (C=O) groups is 1. The number of hydrogen-bond acceptors (Lipinski definition) is 3. The van der Waals surface area contributed by atoms with E-state index < -0.39 is 0 Å². The van der Waals surface area contributed by atoms with E-state index in [4.69, 9.17) is 9.47 Å². The number of hydrogen-bond donors (Lipinski definition) is 1. The molecule has 2 aromatic carbocycles. The van der Waals surface area contributed by atoms with E-state index in [1.807, 2.05) is 0 Å². The SMILES string of the molecule is COc1ccc(CC(=O)NCc2ccccc2F)c(OC)c1. The summed E-state index contributed by atoms with van der Waals surface area (Å²) in [4.78, 5) is 12.0. The Morgan fingerprint density at radius 1 is 1.09 bits per heavy atom. The number of nitrogens with one attached hydrogen (secondary N) is 1. The molecule has 5 heteroatoms. The van der Waals surface area contributed by atoms with E-state index in [1.165, 1.54) is 13.2 Å². The minimum absolute atomic E-state index is 0.154. The maximum absolute atomic E-state index is 13.5. The second-order valence-corrected chi connectivity index (χ2v) is 4.72. The highest BCUT2D eigenvalue weighted by Gasteiger charge is 2.10. The lowest BCUT2D eigenvalue weighted by Gasteiger charge is -2.11. The highest BCUT2D eigenvalue weighted by atomic mass is 19.1. The van der Waals surface area contributed by atoms with Crippen LogP contribution in [0.5, 0.6) is 11.5 Å². The van der Waals surface area contributed by atoms with Gasteiger partial charge in [0.2, 0.25) is 5.91 Å². The third-order valence-electron chi connectivity index (χ3n) is 3.28. The summed E-state index contributed by atoms with van der Waals surface area (Å²) >= 11 is 0. The Morgan fingerprint density at radius 2 is 1.86 bits per heavy atom. The second-order valence-electron chi connectivity index (χ2n) is 4.72. The van der Waals surface area contributed by atoms with Gasteiger partial charge in [-0.05, 0) is 12.1 Å². The molecule has 0 spiro atoms. The third kappa shape index (κ3) is 3.97. The summed E-state index contributed by atoms with van der Waals surface area (Å²) in [5.74, 6) is 0.712. The second kappa shape index (κ2) is 7.45. The molecule has 0 radical (unpaired) electrons. The number of benzene rings is 2. The molecule has 4 nitrogen and oxygen atoms in total. The van der Waals surface area contributed by atoms with Gasteiger partial charge in [-0.1, -0.05) is 24.3 Å². The molecule has 0 atom stereocenters. The Balaban J connectivity index is 1.99. The van der Waals surface area contributed by atoms with E-state index in [2.05, 4.69) is 5.32 Å². The summed E-state index contributed by atoms with van der Waals surface area (Å²) in [6.45, 7) is 0.157. The highest BCUT2D eigenvalue weighted by Crippen LogP contribution is 2.24. The summed E-state index contributed by atoms with van der Waals surface area (Å²) in [6, 6.07) is 11.6. The van der Waals surface area contributed by atoms with Gasteiger partial charge in [-0.15, -0.1) is 0 Å². The van der Waals surface area contributed by atoms with Crippen molar-refractivity contribution < 1.29 is 18.7 Å². The lowest BCUT2D eigenvalue weighted by atomic mass is 10.1. The van der Waals surface area contributed by atoms with Gasteiger partial charge in [0.1, 0.15) is 17.3 Å². The van der Waals surface area contributed by atoms with Gasteiger partial charge < -0.3 is 14.8 Å². The number of amides is 1. The molecule has 116 valence electrons. The summed E-state index contributed by atoms with van der Waals surface area (Å²) < 4.78 is 23.8. The lowest BCUT2D eigenvalue weighted by molar-refractivity contribution is -0.120. The van der Waals surface area contributed by atoms with Crippen LogP contribution in [0.2, 0.25) is 0 Å². The Labute approximate surface area is 128 Å². The molecule has 0 saturated carbocycles. The number of halogens is 1. The fourth-order valence-corrected chi connectivity index (χ4v) is 2.07. The molecule has 0 aliphatic carbocycles. The molecular formula is C17H18FNO3. The van der Waals surface area contributed by atoms with E-state index in [0.717, 1.165) is 5.56 Å². The normalized spacial score (nSPS) is 10.1. The van der Waals surface area contributed by atoms with Crippen molar-refractivity contribution in [3.8, 4) is 11.5 Å². The smallest absolute Gasteiger partial charge is 0.224 e. The summed E-state index contributed by atoms with van der Waals surface area (Å²) in [5.41, 5.74) is 1.20. The summed E-state index contributed by atoms with van der Waals surface area (Å²) in [5, 5.41) is 2.70. The molecule has 0 unspecified atom stereocenters. The first-order valence-corrected chi connectivity index (χ1v) is 6.85. The maximum Gasteiger partial charge on any atom is 0.224 e. The van der Waals surface area contributed by atoms with Crippen molar-refractivity contribution in [1.29, 1.82) is 0 Å². The fraction of sp³-hybridized carbons (Fsp3) is 0.235. The van der Waals surface area contributed by atoms with Crippen molar-refractivity contribution in [3.05, 3.63) is 59.4 Å². The first kappa shape index (κ1) is 15.8. The Kier molecular flexibility index (Phi) is 5.36. The summed E-state index contributed by atoms with van der Waals surface area (Å²) in [6.07, 6.45) is 0.154. The van der Waals surface area contributed by atoms with Crippen molar-refractivity contribution in [2.45, 2.75) is 13.0 Å². The molecule has 0 heterocycles. The van der Waals surface area contributed by atoms with Crippen LogP contribution in [0.4, 0.5) is 4.39 Å². The molecule has 0 fully saturated rings. The van der Waals surface area contributed by atoms with Crippen LogP contribution in [-0.4, -0.2) is 20.1 Å². The van der Waals surface area contributed by atoms with Crippen molar-refractivity contribution in [2.75, 3.05) is 14.2 Å². The zero-order valence-electron chi connectivity index (χ0n) is 12.6. The van der Waals surface area contributed by atoms with Crippen molar-refractivity contribution in [1.82, 2.24) is 5.32 Å². The van der Waals surface area contributed by atoms with Gasteiger partial charge in [0, 0.05) is 23.7 Å². The van der Waals surface area contributed by atoms with Crippen molar-refractivity contribution in [2.24, 2.45) is 0 Å². The van der Waals surface area contributed by atoms with E-state index in [9.17, 15) is 9.18 Å². The zero-order valence-corrected chi connectivity index (χ0v) is 12.6. The average Bonchev–Trinajstić information content (AvgIpc) is 2.54. The van der Waals surface area contributed by atoms with E-state index >= 15 is 0 Å². The third-order valence-corrected chi connectivity index (χ3v) is 3.28. The predicted molar refractivity (Wildman–Crippen MR) is 81.5 cm³/mol. The van der Waals surface area contributed by atoms with E-state index in [0.29, 0.717) is 17.1 Å².